The van der Waals surface area contributed by atoms with Gasteiger partial charge in [0, 0.05) is 38.2 Å². The van der Waals surface area contributed by atoms with Gasteiger partial charge in [0.1, 0.15) is 11.4 Å². The van der Waals surface area contributed by atoms with Gasteiger partial charge in [0.05, 0.1) is 12.2 Å². The molecule has 4 rings (SSSR count). The molecule has 3 heterocycles. The first-order valence-corrected chi connectivity index (χ1v) is 8.34. The fourth-order valence-corrected chi connectivity index (χ4v) is 3.34. The van der Waals surface area contributed by atoms with Crippen LogP contribution in [0.5, 0.6) is 5.75 Å². The second kappa shape index (κ2) is 6.14. The van der Waals surface area contributed by atoms with E-state index in [-0.39, 0.29) is 30.9 Å². The number of fused-ring (bicyclic) bond motifs is 3. The number of carbonyl (C=O) groups excluding carboxylic acids is 3. The van der Waals surface area contributed by atoms with E-state index in [4.69, 9.17) is 4.74 Å². The number of allylic oxidation sites excluding steroid dienone is 1. The Kier molecular flexibility index (Phi) is 3.98. The smallest absolute Gasteiger partial charge is 0.434 e. The Morgan fingerprint density at radius 1 is 1.29 bits per heavy atom. The van der Waals surface area contributed by atoms with Crippen molar-refractivity contribution in [2.24, 2.45) is 0 Å². The van der Waals surface area contributed by atoms with Crippen molar-refractivity contribution in [1.29, 1.82) is 0 Å². The number of nitrogens with zero attached hydrogens (tertiary/aromatic N) is 2. The first kappa shape index (κ1) is 18.1. The Morgan fingerprint density at radius 3 is 2.75 bits per heavy atom. The highest BCUT2D eigenvalue weighted by atomic mass is 19.3. The zero-order chi connectivity index (χ0) is 20.2. The monoisotopic (exact) mass is 397 g/mol. The second-order valence-corrected chi connectivity index (χ2v) is 6.39. The van der Waals surface area contributed by atoms with E-state index in [1.807, 2.05) is 0 Å². The minimum Gasteiger partial charge on any atom is -0.434 e. The van der Waals surface area contributed by atoms with E-state index < -0.39 is 47.3 Å². The number of ether oxygens (including phenoxy) is 2. The molecular formula is C17H14F3N3O5. The van der Waals surface area contributed by atoms with Crippen molar-refractivity contribution in [3.05, 3.63) is 29.7 Å². The summed E-state index contributed by atoms with van der Waals surface area (Å²) in [6, 6.07) is 2.04. The van der Waals surface area contributed by atoms with Crippen molar-refractivity contribution in [3.63, 3.8) is 0 Å². The number of alkyl halides is 2. The summed E-state index contributed by atoms with van der Waals surface area (Å²) in [6.45, 7) is -0.339. The lowest BCUT2D eigenvalue weighted by Gasteiger charge is -2.39. The Bertz CT molecular complexity index is 933. The molecule has 0 bridgehead atoms. The number of amides is 2. The van der Waals surface area contributed by atoms with Crippen LogP contribution < -0.4 is 19.9 Å². The summed E-state index contributed by atoms with van der Waals surface area (Å²) < 4.78 is 53.1. The van der Waals surface area contributed by atoms with Gasteiger partial charge < -0.3 is 19.7 Å². The molecule has 1 saturated heterocycles. The van der Waals surface area contributed by atoms with E-state index in [0.29, 0.717) is 0 Å². The molecular weight excluding hydrogens is 383 g/mol. The molecule has 28 heavy (non-hydrogen) atoms. The first-order chi connectivity index (χ1) is 13.2. The molecule has 11 heteroatoms. The maximum absolute atomic E-state index is 14.8. The van der Waals surface area contributed by atoms with Crippen molar-refractivity contribution in [2.75, 3.05) is 29.9 Å². The van der Waals surface area contributed by atoms with Crippen LogP contribution >= 0.6 is 0 Å². The molecule has 3 aliphatic heterocycles. The Hall–Kier alpha value is -3.24. The van der Waals surface area contributed by atoms with E-state index >= 15 is 0 Å². The summed E-state index contributed by atoms with van der Waals surface area (Å²) in [4.78, 5) is 37.1. The second-order valence-electron chi connectivity index (χ2n) is 6.39. The van der Waals surface area contributed by atoms with E-state index in [9.17, 15) is 27.6 Å². The summed E-state index contributed by atoms with van der Waals surface area (Å²) in [5.74, 6) is -2.46. The van der Waals surface area contributed by atoms with Crippen LogP contribution in [0.25, 0.3) is 0 Å². The molecule has 148 valence electrons. The van der Waals surface area contributed by atoms with Crippen LogP contribution in [-0.4, -0.2) is 50.1 Å². The van der Waals surface area contributed by atoms with Gasteiger partial charge in [-0.15, -0.1) is 0 Å². The number of benzene rings is 1. The van der Waals surface area contributed by atoms with E-state index in [0.717, 1.165) is 28.0 Å². The first-order valence-electron chi connectivity index (χ1n) is 8.34. The van der Waals surface area contributed by atoms with Crippen molar-refractivity contribution >= 4 is 29.2 Å². The lowest BCUT2D eigenvalue weighted by molar-refractivity contribution is -0.149. The fraction of sp³-hybridized carbons (Fsp3) is 0.353. The lowest BCUT2D eigenvalue weighted by Crippen LogP contribution is -2.46. The minimum absolute atomic E-state index is 0.0491. The molecule has 1 atom stereocenters. The number of rotatable bonds is 2. The Labute approximate surface area is 156 Å². The number of likely N-dealkylation sites (N-methyl/N-ethyl adjacent to an activating group) is 1. The van der Waals surface area contributed by atoms with E-state index in [1.54, 1.807) is 0 Å². The van der Waals surface area contributed by atoms with E-state index in [1.165, 1.54) is 7.05 Å². The van der Waals surface area contributed by atoms with E-state index in [2.05, 4.69) is 10.1 Å². The quantitative estimate of drug-likeness (QED) is 0.815. The largest absolute Gasteiger partial charge is 0.442 e. The van der Waals surface area contributed by atoms with Crippen LogP contribution in [0.4, 0.5) is 29.3 Å². The van der Waals surface area contributed by atoms with Crippen molar-refractivity contribution in [3.8, 4) is 5.75 Å². The average molecular weight is 397 g/mol. The molecule has 2 amide bonds. The van der Waals surface area contributed by atoms with Crippen LogP contribution in [0.3, 0.4) is 0 Å². The summed E-state index contributed by atoms with van der Waals surface area (Å²) >= 11 is 0. The summed E-state index contributed by atoms with van der Waals surface area (Å²) in [6.07, 6.45) is -5.18. The van der Waals surface area contributed by atoms with Gasteiger partial charge in [0.25, 0.3) is 5.91 Å². The van der Waals surface area contributed by atoms with Gasteiger partial charge in [-0.3, -0.25) is 14.5 Å². The molecule has 3 aliphatic rings. The number of anilines is 2. The number of hydrogen-bond acceptors (Lipinski definition) is 6. The molecule has 0 aliphatic carbocycles. The third kappa shape index (κ3) is 2.74. The van der Waals surface area contributed by atoms with Crippen molar-refractivity contribution < 1.29 is 37.0 Å². The summed E-state index contributed by atoms with van der Waals surface area (Å²) in [5.41, 5.74) is -1.07. The fourth-order valence-electron chi connectivity index (χ4n) is 3.34. The topological polar surface area (TPSA) is 88.2 Å². The highest BCUT2D eigenvalue weighted by molar-refractivity contribution is 5.97. The van der Waals surface area contributed by atoms with Crippen LogP contribution in [0, 0.1) is 5.82 Å². The standard InChI is InChI=1S/C17H14F3N3O5/c1-21-15(25)12-7-23(16(26)27-12)8-4-10(18)14-11(5-8)28-17(19,20)13-6-9(24)2-3-22(13)14/h4-6,12H,2-3,7H2,1H3,(H,21,25)/t12-/m1/s1. The van der Waals surface area contributed by atoms with Gasteiger partial charge in [0.15, 0.2) is 23.5 Å². The summed E-state index contributed by atoms with van der Waals surface area (Å²) in [7, 11) is 1.36. The van der Waals surface area contributed by atoms with Gasteiger partial charge in [-0.2, -0.15) is 8.78 Å². The maximum Gasteiger partial charge on any atom is 0.442 e. The molecule has 0 saturated carbocycles. The number of halogens is 3. The van der Waals surface area contributed by atoms with Gasteiger partial charge in [-0.25, -0.2) is 9.18 Å². The zero-order valence-electron chi connectivity index (χ0n) is 14.5. The third-order valence-corrected chi connectivity index (χ3v) is 4.65. The van der Waals surface area contributed by atoms with Crippen molar-refractivity contribution in [1.82, 2.24) is 5.32 Å². The molecule has 0 unspecified atom stereocenters. The van der Waals surface area contributed by atoms with Crippen LogP contribution in [0.15, 0.2) is 23.9 Å². The number of nitrogens with one attached hydrogen (secondary N) is 1. The van der Waals surface area contributed by atoms with Gasteiger partial charge in [-0.1, -0.05) is 0 Å². The van der Waals surface area contributed by atoms with Crippen LogP contribution in [0.2, 0.25) is 0 Å². The van der Waals surface area contributed by atoms with Gasteiger partial charge in [-0.05, 0) is 0 Å². The molecule has 1 fully saturated rings. The maximum atomic E-state index is 14.8. The molecule has 8 nitrogen and oxygen atoms in total. The van der Waals surface area contributed by atoms with Crippen LogP contribution in [0.1, 0.15) is 6.42 Å². The minimum atomic E-state index is -3.84. The number of hydrogen-bond donors (Lipinski definition) is 1. The summed E-state index contributed by atoms with van der Waals surface area (Å²) in [5, 5.41) is 2.33. The molecule has 0 radical (unpaired) electrons. The molecule has 0 aromatic heterocycles. The SMILES string of the molecule is CNC(=O)[C@H]1CN(c2cc(F)c3c(c2)OC(F)(F)C2=CC(=O)CCN23)C(=O)O1. The number of ketones is 1. The highest BCUT2D eigenvalue weighted by Gasteiger charge is 2.49. The zero-order valence-corrected chi connectivity index (χ0v) is 14.5. The third-order valence-electron chi connectivity index (χ3n) is 4.65. The highest BCUT2D eigenvalue weighted by Crippen LogP contribution is 2.48. The molecule has 1 aromatic rings. The average Bonchev–Trinajstić information content (AvgIpc) is 3.02. The van der Waals surface area contributed by atoms with Gasteiger partial charge >= 0.3 is 12.2 Å². The molecule has 0 spiro atoms. The van der Waals surface area contributed by atoms with Crippen molar-refractivity contribution in [2.45, 2.75) is 18.6 Å². The Morgan fingerprint density at radius 2 is 2.04 bits per heavy atom. The molecule has 1 aromatic carbocycles. The molecule has 1 N–H and O–H groups in total. The van der Waals surface area contributed by atoms with Gasteiger partial charge in [0.2, 0.25) is 0 Å². The predicted octanol–water partition coefficient (Wildman–Crippen LogP) is 1.55. The number of carbonyl (C=O) groups is 3. The number of cyclic esters (lactones) is 1. The lowest BCUT2D eigenvalue weighted by atomic mass is 10.1. The van der Waals surface area contributed by atoms with Crippen LogP contribution in [-0.2, 0) is 14.3 Å². The Balaban J connectivity index is 1.74. The normalized spacial score (nSPS) is 22.7. The predicted molar refractivity (Wildman–Crippen MR) is 88.7 cm³/mol.